The van der Waals surface area contributed by atoms with Crippen LogP contribution in [0.4, 0.5) is 0 Å². The van der Waals surface area contributed by atoms with E-state index in [0.29, 0.717) is 11.8 Å². The lowest BCUT2D eigenvalue weighted by Gasteiger charge is -2.63. The second-order valence-corrected chi connectivity index (χ2v) is 9.57. The van der Waals surface area contributed by atoms with Crippen molar-refractivity contribution in [3.8, 4) is 0 Å². The first-order valence-electron chi connectivity index (χ1n) is 9.84. The van der Waals surface area contributed by atoms with Crippen molar-refractivity contribution in [3.63, 3.8) is 0 Å². The molecule has 3 heteroatoms. The van der Waals surface area contributed by atoms with Crippen LogP contribution in [0.3, 0.4) is 0 Å². The predicted molar refractivity (Wildman–Crippen MR) is 95.1 cm³/mol. The Labute approximate surface area is 146 Å². The van der Waals surface area contributed by atoms with Gasteiger partial charge in [0, 0.05) is 6.04 Å². The van der Waals surface area contributed by atoms with Crippen molar-refractivity contribution in [3.05, 3.63) is 17.9 Å². The number of rotatable bonds is 0. The lowest BCUT2D eigenvalue weighted by molar-refractivity contribution is -0.210. The summed E-state index contributed by atoms with van der Waals surface area (Å²) in [6.45, 7) is 8.64. The Morgan fingerprint density at radius 2 is 1.79 bits per heavy atom. The minimum Gasteiger partial charge on any atom is -0.390 e. The maximum absolute atomic E-state index is 11.1. The van der Waals surface area contributed by atoms with E-state index in [0.717, 1.165) is 38.5 Å². The van der Waals surface area contributed by atoms with Gasteiger partial charge in [0.15, 0.2) is 0 Å². The highest BCUT2D eigenvalue weighted by Crippen LogP contribution is 2.67. The first kappa shape index (κ1) is 16.8. The van der Waals surface area contributed by atoms with Crippen LogP contribution >= 0.6 is 0 Å². The van der Waals surface area contributed by atoms with Crippen LogP contribution in [-0.2, 0) is 0 Å². The number of hydrogen-bond acceptors (Lipinski definition) is 3. The molecule has 0 spiro atoms. The molecular formula is C21H33NO2. The maximum Gasteiger partial charge on any atom is 0.0836 e. The van der Waals surface area contributed by atoms with E-state index in [2.05, 4.69) is 26.2 Å². The Kier molecular flexibility index (Phi) is 3.82. The van der Waals surface area contributed by atoms with Crippen molar-refractivity contribution in [2.75, 3.05) is 0 Å². The first-order chi connectivity index (χ1) is 11.3. The molecule has 9 atom stereocenters. The molecule has 0 aromatic rings. The van der Waals surface area contributed by atoms with Crippen LogP contribution in [0, 0.1) is 34.5 Å². The summed E-state index contributed by atoms with van der Waals surface area (Å²) in [4.78, 5) is 0. The molecule has 0 heterocycles. The zero-order valence-electron chi connectivity index (χ0n) is 15.2. The third-order valence-corrected chi connectivity index (χ3v) is 8.79. The van der Waals surface area contributed by atoms with E-state index in [1.54, 1.807) is 0 Å². The van der Waals surface area contributed by atoms with Crippen LogP contribution in [0.2, 0.25) is 0 Å². The largest absolute Gasteiger partial charge is 0.390 e. The molecular weight excluding hydrogens is 298 g/mol. The highest BCUT2D eigenvalue weighted by atomic mass is 16.3. The van der Waals surface area contributed by atoms with Gasteiger partial charge in [0.1, 0.15) is 0 Å². The van der Waals surface area contributed by atoms with Gasteiger partial charge in [0.2, 0.25) is 0 Å². The lowest BCUT2D eigenvalue weighted by atomic mass is 9.43. The maximum atomic E-state index is 11.1. The fraction of sp³-hybridized carbons (Fsp3) is 0.857. The number of aliphatic hydroxyl groups excluding tert-OH is 2. The molecule has 4 fully saturated rings. The topological polar surface area (TPSA) is 66.5 Å². The first-order valence-corrected chi connectivity index (χ1v) is 9.84. The summed E-state index contributed by atoms with van der Waals surface area (Å²) in [6.07, 6.45) is 6.27. The highest BCUT2D eigenvalue weighted by molar-refractivity contribution is 5.24. The van der Waals surface area contributed by atoms with Crippen LogP contribution in [0.15, 0.2) is 17.9 Å². The van der Waals surface area contributed by atoms with E-state index in [9.17, 15) is 10.2 Å². The molecule has 0 aromatic carbocycles. The van der Waals surface area contributed by atoms with E-state index in [-0.39, 0.29) is 28.7 Å². The average Bonchev–Trinajstić information content (AvgIpc) is 2.90. The average molecular weight is 332 g/mol. The summed E-state index contributed by atoms with van der Waals surface area (Å²) in [6, 6.07) is 0.178. The van der Waals surface area contributed by atoms with Crippen molar-refractivity contribution in [2.24, 2.45) is 40.2 Å². The standard InChI is InChI=1S/C21H33NO2/c1-4-12-5-6-14-17-15(8-10-20(12,14)2)21(3)9-7-13(22)11-16(21)18(23)19(17)24/h13-19,23-24H,1,5-11,22H2,2-3H3/t13-,14?,15?,16?,17?,18+,19?,20+,21+/m0/s1. The van der Waals surface area contributed by atoms with Crippen LogP contribution in [0.1, 0.15) is 58.8 Å². The van der Waals surface area contributed by atoms with Crippen molar-refractivity contribution in [1.29, 1.82) is 0 Å². The second-order valence-electron chi connectivity index (χ2n) is 9.57. The monoisotopic (exact) mass is 331 g/mol. The van der Waals surface area contributed by atoms with E-state index < -0.39 is 12.2 Å². The van der Waals surface area contributed by atoms with Gasteiger partial charge in [-0.05, 0) is 85.0 Å². The lowest BCUT2D eigenvalue weighted by Crippen LogP contribution is -2.64. The molecule has 4 saturated carbocycles. The molecule has 3 nitrogen and oxygen atoms in total. The van der Waals surface area contributed by atoms with Gasteiger partial charge in [0.05, 0.1) is 12.2 Å². The summed E-state index contributed by atoms with van der Waals surface area (Å²) in [7, 11) is 0. The molecule has 0 saturated heterocycles. The zero-order chi connectivity index (χ0) is 17.3. The van der Waals surface area contributed by atoms with Crippen LogP contribution in [0.25, 0.3) is 0 Å². The predicted octanol–water partition coefficient (Wildman–Crippen LogP) is 3.01. The molecule has 4 aliphatic rings. The SMILES string of the molecule is C=C=C1CCC2C3C(O)[C@H](O)C4C[C@@H](N)CC[C@]4(C)C3CC[C@]12C. The summed E-state index contributed by atoms with van der Waals surface area (Å²) >= 11 is 0. The smallest absolute Gasteiger partial charge is 0.0836 e. The number of aliphatic hydroxyl groups is 2. The molecule has 134 valence electrons. The van der Waals surface area contributed by atoms with Crippen LogP contribution in [0.5, 0.6) is 0 Å². The van der Waals surface area contributed by atoms with Gasteiger partial charge < -0.3 is 15.9 Å². The Bertz CT molecular complexity index is 582. The number of fused-ring (bicyclic) bond motifs is 5. The summed E-state index contributed by atoms with van der Waals surface area (Å²) in [5.74, 6) is 1.33. The third-order valence-electron chi connectivity index (χ3n) is 8.79. The normalized spacial score (nSPS) is 56.9. The molecule has 0 amide bonds. The van der Waals surface area contributed by atoms with Crippen LogP contribution < -0.4 is 5.73 Å². The molecule has 0 bridgehead atoms. The van der Waals surface area contributed by atoms with Gasteiger partial charge in [-0.3, -0.25) is 0 Å². The van der Waals surface area contributed by atoms with Crippen LogP contribution in [-0.4, -0.2) is 28.5 Å². The minimum atomic E-state index is -0.623. The second kappa shape index (κ2) is 5.45. The van der Waals surface area contributed by atoms with E-state index in [1.165, 1.54) is 12.0 Å². The molecule has 24 heavy (non-hydrogen) atoms. The van der Waals surface area contributed by atoms with Crippen molar-refractivity contribution < 1.29 is 10.2 Å². The molecule has 5 unspecified atom stereocenters. The van der Waals surface area contributed by atoms with Gasteiger partial charge >= 0.3 is 0 Å². The molecule has 0 aromatic heterocycles. The fourth-order valence-corrected chi connectivity index (χ4v) is 7.40. The van der Waals surface area contributed by atoms with Gasteiger partial charge in [-0.25, -0.2) is 0 Å². The zero-order valence-corrected chi connectivity index (χ0v) is 15.2. The van der Waals surface area contributed by atoms with Gasteiger partial charge in [-0.1, -0.05) is 20.4 Å². The van der Waals surface area contributed by atoms with Crippen molar-refractivity contribution in [2.45, 2.75) is 77.0 Å². The molecule has 0 radical (unpaired) electrons. The van der Waals surface area contributed by atoms with Gasteiger partial charge in [0.25, 0.3) is 0 Å². The quantitative estimate of drug-likeness (QED) is 0.598. The fourth-order valence-electron chi connectivity index (χ4n) is 7.40. The van der Waals surface area contributed by atoms with Crippen molar-refractivity contribution in [1.82, 2.24) is 0 Å². The van der Waals surface area contributed by atoms with E-state index in [1.807, 2.05) is 0 Å². The molecule has 4 N–H and O–H groups in total. The Balaban J connectivity index is 1.74. The number of hydrogen-bond donors (Lipinski definition) is 3. The minimum absolute atomic E-state index is 0.123. The highest BCUT2D eigenvalue weighted by Gasteiger charge is 2.64. The summed E-state index contributed by atoms with van der Waals surface area (Å²) in [5.41, 5.74) is 11.0. The van der Waals surface area contributed by atoms with E-state index in [4.69, 9.17) is 5.73 Å². The Morgan fingerprint density at radius 1 is 1.04 bits per heavy atom. The van der Waals surface area contributed by atoms with Crippen molar-refractivity contribution >= 4 is 0 Å². The number of nitrogens with two attached hydrogens (primary N) is 1. The van der Waals surface area contributed by atoms with Gasteiger partial charge in [-0.15, -0.1) is 5.73 Å². The molecule has 4 rings (SSSR count). The summed E-state index contributed by atoms with van der Waals surface area (Å²) < 4.78 is 0. The Morgan fingerprint density at radius 3 is 2.50 bits per heavy atom. The third kappa shape index (κ3) is 2.02. The Hall–Kier alpha value is -0.600. The van der Waals surface area contributed by atoms with Gasteiger partial charge in [-0.2, -0.15) is 0 Å². The van der Waals surface area contributed by atoms with E-state index >= 15 is 0 Å². The molecule has 0 aliphatic heterocycles. The number of allylic oxidation sites excluding steroid dienone is 1. The molecule has 4 aliphatic carbocycles. The summed E-state index contributed by atoms with van der Waals surface area (Å²) in [5, 5.41) is 22.1.